The molecule has 0 saturated carbocycles. The van der Waals surface area contributed by atoms with Crippen LogP contribution in [0.1, 0.15) is 30.6 Å². The highest BCUT2D eigenvalue weighted by Crippen LogP contribution is 2.23. The van der Waals surface area contributed by atoms with Gasteiger partial charge in [0.15, 0.2) is 5.13 Å². The summed E-state index contributed by atoms with van der Waals surface area (Å²) in [5, 5.41) is 26.0. The molecule has 0 fully saturated rings. The molecule has 0 spiro atoms. The standard InChI is InChI=1S/C23H23N7O4S2/c1-12-19(22(33)28-16(20(24)34-2)11-25-21(32)17-7-4-8-35-17)36-23(27-12)29-18(31)9-13-5-3-6-15-14(13)10-26-30-15/h3-8,10,16,24H,9,11H2,1-2H3,(H,25,32)(H,26,30)(H,28,33)(H,27,29,31). The number of methoxy groups -OCH3 is 1. The molecule has 3 heterocycles. The van der Waals surface area contributed by atoms with Gasteiger partial charge in [-0.1, -0.05) is 29.5 Å². The van der Waals surface area contributed by atoms with Crippen molar-refractivity contribution in [3.63, 3.8) is 0 Å². The van der Waals surface area contributed by atoms with E-state index in [1.807, 2.05) is 18.2 Å². The van der Waals surface area contributed by atoms with Crippen molar-refractivity contribution in [1.82, 2.24) is 25.8 Å². The molecule has 11 nitrogen and oxygen atoms in total. The molecule has 13 heteroatoms. The van der Waals surface area contributed by atoms with E-state index in [9.17, 15) is 14.4 Å². The number of aromatic amines is 1. The molecule has 0 aliphatic carbocycles. The summed E-state index contributed by atoms with van der Waals surface area (Å²) < 4.78 is 4.99. The fraction of sp³-hybridized carbons (Fsp3) is 0.217. The second-order valence-electron chi connectivity index (χ2n) is 7.69. The number of aryl methyl sites for hydroxylation is 1. The molecule has 36 heavy (non-hydrogen) atoms. The van der Waals surface area contributed by atoms with Crippen molar-refractivity contribution in [2.75, 3.05) is 19.0 Å². The number of aromatic nitrogens is 3. The van der Waals surface area contributed by atoms with Gasteiger partial charge in [-0.15, -0.1) is 11.3 Å². The van der Waals surface area contributed by atoms with E-state index in [-0.39, 0.29) is 40.7 Å². The van der Waals surface area contributed by atoms with Crippen LogP contribution in [0.3, 0.4) is 0 Å². The molecule has 0 aliphatic rings. The number of nitrogens with one attached hydrogen (secondary N) is 5. The van der Waals surface area contributed by atoms with E-state index in [4.69, 9.17) is 10.1 Å². The summed E-state index contributed by atoms with van der Waals surface area (Å²) in [6.07, 6.45) is 1.79. The third-order valence-electron chi connectivity index (χ3n) is 5.23. The quantitative estimate of drug-likeness (QED) is 0.167. The number of rotatable bonds is 9. The molecule has 186 valence electrons. The topological polar surface area (TPSA) is 162 Å². The number of benzene rings is 1. The first-order valence-corrected chi connectivity index (χ1v) is 12.5. The Balaban J connectivity index is 1.39. The predicted octanol–water partition coefficient (Wildman–Crippen LogP) is 2.72. The Kier molecular flexibility index (Phi) is 7.71. The van der Waals surface area contributed by atoms with Gasteiger partial charge >= 0.3 is 0 Å². The summed E-state index contributed by atoms with van der Waals surface area (Å²) >= 11 is 2.31. The number of fused-ring (bicyclic) bond motifs is 1. The van der Waals surface area contributed by atoms with E-state index in [2.05, 4.69) is 31.1 Å². The largest absolute Gasteiger partial charge is 0.483 e. The number of ether oxygens (including phenoxy) is 1. The average Bonchev–Trinajstić information content (AvgIpc) is 3.62. The monoisotopic (exact) mass is 525 g/mol. The van der Waals surface area contributed by atoms with Crippen LogP contribution < -0.4 is 16.0 Å². The molecule has 4 aromatic rings. The van der Waals surface area contributed by atoms with Gasteiger partial charge in [-0.3, -0.25) is 24.9 Å². The maximum absolute atomic E-state index is 12.9. The Morgan fingerprint density at radius 3 is 2.78 bits per heavy atom. The molecule has 3 aromatic heterocycles. The lowest BCUT2D eigenvalue weighted by molar-refractivity contribution is -0.115. The molecule has 0 bridgehead atoms. The second-order valence-corrected chi connectivity index (χ2v) is 9.64. The number of hydrogen-bond donors (Lipinski definition) is 5. The Morgan fingerprint density at radius 1 is 1.19 bits per heavy atom. The molecule has 0 aliphatic heterocycles. The molecule has 5 N–H and O–H groups in total. The number of amides is 3. The smallest absolute Gasteiger partial charge is 0.264 e. The van der Waals surface area contributed by atoms with Crippen LogP contribution in [0.4, 0.5) is 5.13 Å². The van der Waals surface area contributed by atoms with Crippen molar-refractivity contribution in [1.29, 1.82) is 5.41 Å². The van der Waals surface area contributed by atoms with Crippen molar-refractivity contribution >= 4 is 62.3 Å². The van der Waals surface area contributed by atoms with Gasteiger partial charge in [0.2, 0.25) is 11.8 Å². The number of H-pyrrole nitrogens is 1. The molecule has 1 aromatic carbocycles. The van der Waals surface area contributed by atoms with E-state index < -0.39 is 11.9 Å². The van der Waals surface area contributed by atoms with E-state index in [1.165, 1.54) is 18.4 Å². The highest BCUT2D eigenvalue weighted by molar-refractivity contribution is 7.17. The number of thiophene rings is 1. The highest BCUT2D eigenvalue weighted by Gasteiger charge is 2.24. The third-order valence-corrected chi connectivity index (χ3v) is 7.17. The molecule has 0 radical (unpaired) electrons. The minimum absolute atomic E-state index is 0.0316. The molecule has 3 amide bonds. The van der Waals surface area contributed by atoms with E-state index in [1.54, 1.807) is 30.6 Å². The number of hydrogen-bond acceptors (Lipinski definition) is 9. The summed E-state index contributed by atoms with van der Waals surface area (Å²) in [6, 6.07) is 8.13. The lowest BCUT2D eigenvalue weighted by Crippen LogP contribution is -2.48. The van der Waals surface area contributed by atoms with Gasteiger partial charge < -0.3 is 20.7 Å². The van der Waals surface area contributed by atoms with Crippen LogP contribution in [-0.2, 0) is 16.0 Å². The van der Waals surface area contributed by atoms with Crippen LogP contribution in [0, 0.1) is 12.3 Å². The van der Waals surface area contributed by atoms with Gasteiger partial charge in [0.1, 0.15) is 10.9 Å². The molecular weight excluding hydrogens is 502 g/mol. The number of carbonyl (C=O) groups excluding carboxylic acids is 3. The van der Waals surface area contributed by atoms with Gasteiger partial charge in [-0.05, 0) is 30.0 Å². The molecule has 1 unspecified atom stereocenters. The first-order chi connectivity index (χ1) is 17.4. The Morgan fingerprint density at radius 2 is 2.03 bits per heavy atom. The summed E-state index contributed by atoms with van der Waals surface area (Å²) in [5.74, 6) is -1.29. The van der Waals surface area contributed by atoms with Crippen molar-refractivity contribution in [3.8, 4) is 0 Å². The molecule has 0 saturated heterocycles. The predicted molar refractivity (Wildman–Crippen MR) is 138 cm³/mol. The fourth-order valence-corrected chi connectivity index (χ4v) is 4.97. The van der Waals surface area contributed by atoms with Crippen LogP contribution in [0.25, 0.3) is 10.9 Å². The van der Waals surface area contributed by atoms with Crippen LogP contribution in [0.5, 0.6) is 0 Å². The van der Waals surface area contributed by atoms with Crippen LogP contribution in [-0.4, -0.2) is 58.5 Å². The SMILES string of the molecule is COC(=N)C(CNC(=O)c1cccs1)NC(=O)c1sc(NC(=O)Cc2cccc3[nH]ncc23)nc1C. The average molecular weight is 526 g/mol. The van der Waals surface area contributed by atoms with E-state index in [0.717, 1.165) is 27.8 Å². The lowest BCUT2D eigenvalue weighted by Gasteiger charge is -2.18. The Hall–Kier alpha value is -4.10. The zero-order valence-corrected chi connectivity index (χ0v) is 21.0. The van der Waals surface area contributed by atoms with Crippen LogP contribution in [0.2, 0.25) is 0 Å². The van der Waals surface area contributed by atoms with Gasteiger partial charge in [-0.2, -0.15) is 5.10 Å². The van der Waals surface area contributed by atoms with Crippen molar-refractivity contribution < 1.29 is 19.1 Å². The van der Waals surface area contributed by atoms with Gasteiger partial charge in [0.05, 0.1) is 35.8 Å². The van der Waals surface area contributed by atoms with E-state index >= 15 is 0 Å². The first kappa shape index (κ1) is 25.0. The van der Waals surface area contributed by atoms with Crippen molar-refractivity contribution in [3.05, 3.63) is 62.9 Å². The fourth-order valence-electron chi connectivity index (χ4n) is 3.45. The zero-order valence-electron chi connectivity index (χ0n) is 19.4. The van der Waals surface area contributed by atoms with Crippen LogP contribution >= 0.6 is 22.7 Å². The Labute approximate surface area is 213 Å². The maximum Gasteiger partial charge on any atom is 0.264 e. The van der Waals surface area contributed by atoms with Gasteiger partial charge in [0, 0.05) is 11.9 Å². The number of carbonyl (C=O) groups is 3. The maximum atomic E-state index is 12.9. The number of anilines is 1. The van der Waals surface area contributed by atoms with Crippen LogP contribution in [0.15, 0.2) is 41.9 Å². The summed E-state index contributed by atoms with van der Waals surface area (Å²) in [5.41, 5.74) is 2.08. The summed E-state index contributed by atoms with van der Waals surface area (Å²) in [4.78, 5) is 42.9. The third kappa shape index (κ3) is 5.75. The number of thiazole rings is 1. The van der Waals surface area contributed by atoms with Crippen molar-refractivity contribution in [2.45, 2.75) is 19.4 Å². The summed E-state index contributed by atoms with van der Waals surface area (Å²) in [6.45, 7) is 1.62. The summed E-state index contributed by atoms with van der Waals surface area (Å²) in [7, 11) is 1.32. The van der Waals surface area contributed by atoms with Crippen molar-refractivity contribution in [2.24, 2.45) is 0 Å². The molecule has 1 atom stereocenters. The van der Waals surface area contributed by atoms with Gasteiger partial charge in [-0.25, -0.2) is 4.98 Å². The zero-order chi connectivity index (χ0) is 25.7. The molecular formula is C23H23N7O4S2. The molecule has 4 rings (SSSR count). The normalized spacial score (nSPS) is 11.6. The lowest BCUT2D eigenvalue weighted by atomic mass is 10.1. The minimum atomic E-state index is -0.888. The Bertz CT molecular complexity index is 1410. The van der Waals surface area contributed by atoms with E-state index in [0.29, 0.717) is 10.6 Å². The minimum Gasteiger partial charge on any atom is -0.483 e. The highest BCUT2D eigenvalue weighted by atomic mass is 32.1. The number of nitrogens with zero attached hydrogens (tertiary/aromatic N) is 2. The second kappa shape index (κ2) is 11.1. The first-order valence-electron chi connectivity index (χ1n) is 10.8. The van der Waals surface area contributed by atoms with Gasteiger partial charge in [0.25, 0.3) is 11.8 Å².